The van der Waals surface area contributed by atoms with Gasteiger partial charge in [-0.25, -0.2) is 0 Å². The molecule has 1 atom stereocenters. The molecule has 0 spiro atoms. The number of nitrogens with one attached hydrogen (secondary N) is 1. The van der Waals surface area contributed by atoms with Crippen molar-refractivity contribution in [3.8, 4) is 0 Å². The van der Waals surface area contributed by atoms with Gasteiger partial charge in [-0.15, -0.1) is 0 Å². The van der Waals surface area contributed by atoms with E-state index in [4.69, 9.17) is 0 Å². The van der Waals surface area contributed by atoms with Crippen LogP contribution in [0.3, 0.4) is 0 Å². The van der Waals surface area contributed by atoms with Gasteiger partial charge in [0.15, 0.2) is 0 Å². The van der Waals surface area contributed by atoms with Crippen molar-refractivity contribution in [3.63, 3.8) is 0 Å². The Morgan fingerprint density at radius 2 is 2.20 bits per heavy atom. The summed E-state index contributed by atoms with van der Waals surface area (Å²) in [7, 11) is 0. The van der Waals surface area contributed by atoms with E-state index in [-0.39, 0.29) is 0 Å². The first-order chi connectivity index (χ1) is 7.27. The average molecular weight is 208 g/mol. The largest absolute Gasteiger partial charge is 0.350 e. The van der Waals surface area contributed by atoms with Crippen molar-refractivity contribution < 1.29 is 0 Å². The first-order valence-electron chi connectivity index (χ1n) is 6.12. The summed E-state index contributed by atoms with van der Waals surface area (Å²) in [4.78, 5) is 0. The van der Waals surface area contributed by atoms with Gasteiger partial charge in [0.2, 0.25) is 0 Å². The predicted octanol–water partition coefficient (Wildman–Crippen LogP) is 3.03. The Morgan fingerprint density at radius 1 is 1.40 bits per heavy atom. The van der Waals surface area contributed by atoms with Crippen LogP contribution >= 0.6 is 0 Å². The molecule has 0 radical (unpaired) electrons. The minimum absolute atomic E-state index is 0.780. The monoisotopic (exact) mass is 208 g/mol. The Kier molecular flexibility index (Phi) is 5.48. The number of hydrogen-bond acceptors (Lipinski definition) is 1. The molecule has 1 aromatic rings. The summed E-state index contributed by atoms with van der Waals surface area (Å²) in [5, 5.41) is 3.38. The van der Waals surface area contributed by atoms with Crippen LogP contribution in [-0.4, -0.2) is 11.1 Å². The van der Waals surface area contributed by atoms with Crippen LogP contribution < -0.4 is 5.32 Å². The molecule has 0 saturated heterocycles. The van der Waals surface area contributed by atoms with E-state index in [1.165, 1.54) is 18.5 Å². The molecule has 1 rings (SSSR count). The Labute approximate surface area is 93.7 Å². The van der Waals surface area contributed by atoms with Crippen LogP contribution in [-0.2, 0) is 13.1 Å². The molecule has 0 aliphatic rings. The number of rotatable bonds is 7. The van der Waals surface area contributed by atoms with Crippen LogP contribution in [0.2, 0.25) is 0 Å². The van der Waals surface area contributed by atoms with E-state index < -0.39 is 0 Å². The minimum Gasteiger partial charge on any atom is -0.350 e. The molecule has 0 aromatic carbocycles. The van der Waals surface area contributed by atoms with Gasteiger partial charge in [-0.2, -0.15) is 0 Å². The maximum absolute atomic E-state index is 3.38. The molecule has 0 bridgehead atoms. The van der Waals surface area contributed by atoms with Crippen molar-refractivity contribution >= 4 is 0 Å². The Bertz CT molecular complexity index is 265. The van der Waals surface area contributed by atoms with Gasteiger partial charge in [0.1, 0.15) is 0 Å². The van der Waals surface area contributed by atoms with Gasteiger partial charge in [0, 0.05) is 25.0 Å². The van der Waals surface area contributed by atoms with Gasteiger partial charge >= 0.3 is 0 Å². The van der Waals surface area contributed by atoms with E-state index in [0.717, 1.165) is 25.6 Å². The van der Waals surface area contributed by atoms with Crippen LogP contribution in [0.4, 0.5) is 0 Å². The molecule has 2 nitrogen and oxygen atoms in total. The van der Waals surface area contributed by atoms with Crippen molar-refractivity contribution in [1.29, 1.82) is 0 Å². The van der Waals surface area contributed by atoms with Crippen LogP contribution in [0.25, 0.3) is 0 Å². The third-order valence-electron chi connectivity index (χ3n) is 2.77. The number of nitrogens with zero attached hydrogens (tertiary/aromatic N) is 1. The van der Waals surface area contributed by atoms with E-state index >= 15 is 0 Å². The van der Waals surface area contributed by atoms with Gasteiger partial charge in [-0.05, 0) is 31.0 Å². The van der Waals surface area contributed by atoms with Crippen LogP contribution in [0.15, 0.2) is 18.3 Å². The first kappa shape index (κ1) is 12.3. The summed E-state index contributed by atoms with van der Waals surface area (Å²) in [5.74, 6) is 0.780. The molecule has 0 saturated carbocycles. The topological polar surface area (TPSA) is 17.0 Å². The highest BCUT2D eigenvalue weighted by molar-refractivity contribution is 5.06. The highest BCUT2D eigenvalue weighted by Gasteiger charge is 2.04. The molecule has 1 heterocycles. The minimum atomic E-state index is 0.780. The molecule has 0 aliphatic heterocycles. The lowest BCUT2D eigenvalue weighted by atomic mass is 10.1. The number of aromatic nitrogens is 1. The summed E-state index contributed by atoms with van der Waals surface area (Å²) < 4.78 is 2.38. The Morgan fingerprint density at radius 3 is 2.87 bits per heavy atom. The lowest BCUT2D eigenvalue weighted by Crippen LogP contribution is -2.17. The fourth-order valence-electron chi connectivity index (χ4n) is 1.96. The average Bonchev–Trinajstić information content (AvgIpc) is 2.63. The summed E-state index contributed by atoms with van der Waals surface area (Å²) in [6, 6.07) is 4.35. The van der Waals surface area contributed by atoms with Gasteiger partial charge in [-0.1, -0.05) is 27.2 Å². The zero-order valence-electron chi connectivity index (χ0n) is 10.3. The standard InChI is InChI=1S/C13H24N2/c1-4-7-12(3)11-15-9-6-8-13(15)10-14-5-2/h6,8-9,12,14H,4-5,7,10-11H2,1-3H3. The predicted molar refractivity (Wildman–Crippen MR) is 65.9 cm³/mol. The van der Waals surface area contributed by atoms with Gasteiger partial charge in [-0.3, -0.25) is 0 Å². The lowest BCUT2D eigenvalue weighted by Gasteiger charge is -2.14. The summed E-state index contributed by atoms with van der Waals surface area (Å²) in [5.41, 5.74) is 1.40. The molecular weight excluding hydrogens is 184 g/mol. The van der Waals surface area contributed by atoms with Gasteiger partial charge in [0.25, 0.3) is 0 Å². The molecule has 0 fully saturated rings. The van der Waals surface area contributed by atoms with E-state index in [0.29, 0.717) is 0 Å². The normalized spacial score (nSPS) is 13.0. The third kappa shape index (κ3) is 4.08. The highest BCUT2D eigenvalue weighted by atomic mass is 15.0. The summed E-state index contributed by atoms with van der Waals surface area (Å²) >= 11 is 0. The Balaban J connectivity index is 2.48. The Hall–Kier alpha value is -0.760. The van der Waals surface area contributed by atoms with Crippen molar-refractivity contribution in [2.45, 2.75) is 46.7 Å². The molecule has 0 amide bonds. The maximum Gasteiger partial charge on any atom is 0.0359 e. The highest BCUT2D eigenvalue weighted by Crippen LogP contribution is 2.11. The second-order valence-corrected chi connectivity index (χ2v) is 4.33. The molecule has 1 N–H and O–H groups in total. The molecule has 2 heteroatoms. The van der Waals surface area contributed by atoms with E-state index in [2.05, 4.69) is 49.0 Å². The van der Waals surface area contributed by atoms with E-state index in [9.17, 15) is 0 Å². The van der Waals surface area contributed by atoms with Gasteiger partial charge in [0.05, 0.1) is 0 Å². The van der Waals surface area contributed by atoms with Crippen molar-refractivity contribution in [1.82, 2.24) is 9.88 Å². The molecule has 0 aliphatic carbocycles. The second-order valence-electron chi connectivity index (χ2n) is 4.33. The lowest BCUT2D eigenvalue weighted by molar-refractivity contribution is 0.436. The van der Waals surface area contributed by atoms with E-state index in [1.54, 1.807) is 0 Å². The zero-order chi connectivity index (χ0) is 11.1. The van der Waals surface area contributed by atoms with E-state index in [1.807, 2.05) is 0 Å². The zero-order valence-corrected chi connectivity index (χ0v) is 10.3. The fraction of sp³-hybridized carbons (Fsp3) is 0.692. The van der Waals surface area contributed by atoms with Crippen LogP contribution in [0, 0.1) is 5.92 Å². The van der Waals surface area contributed by atoms with Crippen LogP contribution in [0.5, 0.6) is 0 Å². The molecular formula is C13H24N2. The smallest absolute Gasteiger partial charge is 0.0359 e. The maximum atomic E-state index is 3.38. The molecule has 1 unspecified atom stereocenters. The molecule has 1 aromatic heterocycles. The summed E-state index contributed by atoms with van der Waals surface area (Å²) in [6.45, 7) is 9.92. The molecule has 15 heavy (non-hydrogen) atoms. The third-order valence-corrected chi connectivity index (χ3v) is 2.77. The van der Waals surface area contributed by atoms with Crippen LogP contribution in [0.1, 0.15) is 39.3 Å². The second kappa shape index (κ2) is 6.67. The van der Waals surface area contributed by atoms with Gasteiger partial charge < -0.3 is 9.88 Å². The first-order valence-corrected chi connectivity index (χ1v) is 6.12. The SMILES string of the molecule is CCCC(C)Cn1cccc1CNCC. The fourth-order valence-corrected chi connectivity index (χ4v) is 1.96. The van der Waals surface area contributed by atoms with Crippen molar-refractivity contribution in [2.75, 3.05) is 6.54 Å². The van der Waals surface area contributed by atoms with Crippen molar-refractivity contribution in [3.05, 3.63) is 24.0 Å². The molecule has 86 valence electrons. The van der Waals surface area contributed by atoms with Crippen molar-refractivity contribution in [2.24, 2.45) is 5.92 Å². The number of hydrogen-bond donors (Lipinski definition) is 1. The summed E-state index contributed by atoms with van der Waals surface area (Å²) in [6.07, 6.45) is 4.79. The quantitative estimate of drug-likeness (QED) is 0.729.